The first-order valence-electron chi connectivity index (χ1n) is 12.0. The summed E-state index contributed by atoms with van der Waals surface area (Å²) in [6.07, 6.45) is -0.130. The van der Waals surface area contributed by atoms with Crippen molar-refractivity contribution in [2.45, 2.75) is 19.8 Å². The maximum Gasteiger partial charge on any atom is 0.306 e. The fraction of sp³-hybridized carbons (Fsp3) is 0.423. The predicted molar refractivity (Wildman–Crippen MR) is 131 cm³/mol. The number of nitrogens with one attached hydrogen (secondary N) is 1. The average Bonchev–Trinajstić information content (AvgIpc) is 2.90. The molecule has 2 aliphatic heterocycles. The summed E-state index contributed by atoms with van der Waals surface area (Å²) in [4.78, 5) is 41.3. The summed E-state index contributed by atoms with van der Waals surface area (Å²) in [5.74, 6) is -0.121. The van der Waals surface area contributed by atoms with Gasteiger partial charge in [-0.1, -0.05) is 6.92 Å². The van der Waals surface area contributed by atoms with Crippen molar-refractivity contribution >= 4 is 29.0 Å². The molecule has 0 aromatic heterocycles. The SMILES string of the molecule is CCN1CCN(c2ccc(NC(=O)COC(=O)CCC(=O)c3ccc4c(c3)OCCO4)cc2)CC1. The summed E-state index contributed by atoms with van der Waals surface area (Å²) in [6, 6.07) is 12.6. The highest BCUT2D eigenvalue weighted by molar-refractivity contribution is 5.98. The molecular formula is C26H31N3O6. The van der Waals surface area contributed by atoms with Crippen LogP contribution in [0.5, 0.6) is 11.5 Å². The molecule has 1 N–H and O–H groups in total. The van der Waals surface area contributed by atoms with E-state index in [1.165, 1.54) is 0 Å². The molecule has 186 valence electrons. The minimum absolute atomic E-state index is 0.0198. The molecule has 0 spiro atoms. The second-order valence-corrected chi connectivity index (χ2v) is 8.46. The number of fused-ring (bicyclic) bond motifs is 1. The van der Waals surface area contributed by atoms with E-state index in [4.69, 9.17) is 14.2 Å². The number of esters is 1. The van der Waals surface area contributed by atoms with Crippen molar-refractivity contribution in [1.29, 1.82) is 0 Å². The zero-order valence-corrected chi connectivity index (χ0v) is 20.0. The summed E-state index contributed by atoms with van der Waals surface area (Å²) < 4.78 is 16.0. The number of ether oxygens (including phenoxy) is 3. The maximum absolute atomic E-state index is 12.4. The van der Waals surface area contributed by atoms with Gasteiger partial charge in [-0.05, 0) is 49.0 Å². The third-order valence-corrected chi connectivity index (χ3v) is 6.12. The van der Waals surface area contributed by atoms with Gasteiger partial charge in [-0.3, -0.25) is 14.4 Å². The number of piperazine rings is 1. The van der Waals surface area contributed by atoms with E-state index in [0.29, 0.717) is 36.0 Å². The third-order valence-electron chi connectivity index (χ3n) is 6.12. The molecule has 0 aliphatic carbocycles. The summed E-state index contributed by atoms with van der Waals surface area (Å²) >= 11 is 0. The Morgan fingerprint density at radius 2 is 1.63 bits per heavy atom. The van der Waals surface area contributed by atoms with E-state index >= 15 is 0 Å². The number of hydrogen-bond donors (Lipinski definition) is 1. The molecule has 1 fully saturated rings. The lowest BCUT2D eigenvalue weighted by atomic mass is 10.1. The Labute approximate surface area is 204 Å². The number of ketones is 1. The highest BCUT2D eigenvalue weighted by Gasteiger charge is 2.18. The van der Waals surface area contributed by atoms with Gasteiger partial charge in [0.05, 0.1) is 6.42 Å². The molecule has 0 unspecified atom stereocenters. The molecule has 0 bridgehead atoms. The van der Waals surface area contributed by atoms with Gasteiger partial charge in [-0.25, -0.2) is 0 Å². The first-order chi connectivity index (χ1) is 17.0. The van der Waals surface area contributed by atoms with E-state index < -0.39 is 18.5 Å². The Balaban J connectivity index is 1.17. The molecule has 0 atom stereocenters. The van der Waals surface area contributed by atoms with Gasteiger partial charge in [0.25, 0.3) is 5.91 Å². The minimum atomic E-state index is -0.604. The van der Waals surface area contributed by atoms with Gasteiger partial charge >= 0.3 is 5.97 Å². The van der Waals surface area contributed by atoms with Crippen LogP contribution in [0.2, 0.25) is 0 Å². The van der Waals surface area contributed by atoms with Crippen molar-refractivity contribution in [2.75, 3.05) is 62.8 Å². The number of rotatable bonds is 9. The monoisotopic (exact) mass is 481 g/mol. The predicted octanol–water partition coefficient (Wildman–Crippen LogP) is 2.74. The fourth-order valence-corrected chi connectivity index (χ4v) is 4.07. The smallest absolute Gasteiger partial charge is 0.306 e. The Bertz CT molecular complexity index is 1050. The second-order valence-electron chi connectivity index (χ2n) is 8.46. The van der Waals surface area contributed by atoms with Gasteiger partial charge in [0, 0.05) is 49.5 Å². The standard InChI is InChI=1S/C26H31N3O6/c1-2-28-11-13-29(14-12-28)21-6-4-20(5-7-21)27-25(31)18-35-26(32)10-8-22(30)19-3-9-23-24(17-19)34-16-15-33-23/h3-7,9,17H,2,8,10-16,18H2,1H3,(H,27,31). The van der Waals surface area contributed by atoms with Crippen molar-refractivity contribution in [2.24, 2.45) is 0 Å². The molecule has 9 nitrogen and oxygen atoms in total. The van der Waals surface area contributed by atoms with E-state index in [1.807, 2.05) is 24.3 Å². The van der Waals surface area contributed by atoms with Crippen molar-refractivity contribution < 1.29 is 28.6 Å². The van der Waals surface area contributed by atoms with E-state index in [9.17, 15) is 14.4 Å². The molecule has 1 amide bonds. The number of anilines is 2. The molecular weight excluding hydrogens is 450 g/mol. The molecule has 4 rings (SSSR count). The molecule has 9 heteroatoms. The van der Waals surface area contributed by atoms with Crippen molar-refractivity contribution in [3.8, 4) is 11.5 Å². The molecule has 0 saturated carbocycles. The normalized spacial score (nSPS) is 15.4. The van der Waals surface area contributed by atoms with Gasteiger partial charge in [-0.2, -0.15) is 0 Å². The Morgan fingerprint density at radius 1 is 0.914 bits per heavy atom. The van der Waals surface area contributed by atoms with Crippen LogP contribution in [0.15, 0.2) is 42.5 Å². The van der Waals surface area contributed by atoms with Gasteiger partial charge in [0.1, 0.15) is 13.2 Å². The molecule has 1 saturated heterocycles. The average molecular weight is 482 g/mol. The molecule has 35 heavy (non-hydrogen) atoms. The van der Waals surface area contributed by atoms with Crippen LogP contribution in [0.1, 0.15) is 30.1 Å². The Kier molecular flexibility index (Phi) is 8.20. The van der Waals surface area contributed by atoms with E-state index in [2.05, 4.69) is 22.0 Å². The number of Topliss-reactive ketones (excluding diaryl/α,β-unsaturated/α-hetero) is 1. The lowest BCUT2D eigenvalue weighted by Crippen LogP contribution is -2.46. The van der Waals surface area contributed by atoms with Crippen LogP contribution in [-0.2, 0) is 14.3 Å². The lowest BCUT2D eigenvalue weighted by molar-refractivity contribution is -0.147. The lowest BCUT2D eigenvalue weighted by Gasteiger charge is -2.35. The van der Waals surface area contributed by atoms with Gasteiger partial charge in [0.15, 0.2) is 23.9 Å². The second kappa shape index (κ2) is 11.7. The summed E-state index contributed by atoms with van der Waals surface area (Å²) in [5.41, 5.74) is 2.19. The maximum atomic E-state index is 12.4. The third kappa shape index (κ3) is 6.73. The quantitative estimate of drug-likeness (QED) is 0.431. The van der Waals surface area contributed by atoms with Gasteiger partial charge < -0.3 is 29.3 Å². The number of carbonyl (C=O) groups excluding carboxylic acids is 3. The van der Waals surface area contributed by atoms with E-state index in [-0.39, 0.29) is 18.6 Å². The first-order valence-corrected chi connectivity index (χ1v) is 12.0. The van der Waals surface area contributed by atoms with Crippen LogP contribution in [0, 0.1) is 0 Å². The van der Waals surface area contributed by atoms with Crippen molar-refractivity contribution in [1.82, 2.24) is 4.90 Å². The Hall–Kier alpha value is -3.59. The highest BCUT2D eigenvalue weighted by atomic mass is 16.6. The zero-order valence-electron chi connectivity index (χ0n) is 20.0. The molecule has 0 radical (unpaired) electrons. The summed E-state index contributed by atoms with van der Waals surface area (Å²) in [6.45, 7) is 7.79. The highest BCUT2D eigenvalue weighted by Crippen LogP contribution is 2.31. The zero-order chi connectivity index (χ0) is 24.6. The van der Waals surface area contributed by atoms with Crippen LogP contribution < -0.4 is 19.7 Å². The molecule has 2 aromatic carbocycles. The van der Waals surface area contributed by atoms with Crippen LogP contribution >= 0.6 is 0 Å². The Morgan fingerprint density at radius 3 is 2.34 bits per heavy atom. The topological polar surface area (TPSA) is 97.4 Å². The van der Waals surface area contributed by atoms with Crippen molar-refractivity contribution in [3.63, 3.8) is 0 Å². The van der Waals surface area contributed by atoms with Crippen LogP contribution in [0.25, 0.3) is 0 Å². The fourth-order valence-electron chi connectivity index (χ4n) is 4.07. The van der Waals surface area contributed by atoms with E-state index in [0.717, 1.165) is 38.4 Å². The molecule has 2 aromatic rings. The number of amides is 1. The first kappa shape index (κ1) is 24.5. The number of nitrogens with zero attached hydrogens (tertiary/aromatic N) is 2. The van der Waals surface area contributed by atoms with Crippen LogP contribution in [0.3, 0.4) is 0 Å². The van der Waals surface area contributed by atoms with Gasteiger partial charge in [-0.15, -0.1) is 0 Å². The summed E-state index contributed by atoms with van der Waals surface area (Å²) in [5, 5.41) is 2.73. The van der Waals surface area contributed by atoms with Crippen LogP contribution in [-0.4, -0.2) is 75.1 Å². The number of likely N-dealkylation sites (N-methyl/N-ethyl adjacent to an activating group) is 1. The molecule has 2 aliphatic rings. The van der Waals surface area contributed by atoms with Crippen LogP contribution in [0.4, 0.5) is 11.4 Å². The summed E-state index contributed by atoms with van der Waals surface area (Å²) in [7, 11) is 0. The molecule has 2 heterocycles. The number of benzene rings is 2. The number of hydrogen-bond acceptors (Lipinski definition) is 8. The van der Waals surface area contributed by atoms with Crippen molar-refractivity contribution in [3.05, 3.63) is 48.0 Å². The minimum Gasteiger partial charge on any atom is -0.486 e. The number of carbonyl (C=O) groups is 3. The van der Waals surface area contributed by atoms with Gasteiger partial charge in [0.2, 0.25) is 0 Å². The van der Waals surface area contributed by atoms with E-state index in [1.54, 1.807) is 18.2 Å². The largest absolute Gasteiger partial charge is 0.486 e.